The highest BCUT2D eigenvalue weighted by atomic mass is 35.5. The van der Waals surface area contributed by atoms with Crippen molar-refractivity contribution in [3.8, 4) is 5.75 Å². The van der Waals surface area contributed by atoms with Crippen LogP contribution < -0.4 is 15.4 Å². The van der Waals surface area contributed by atoms with Gasteiger partial charge in [0.2, 0.25) is 0 Å². The number of anilines is 1. The fourth-order valence-electron chi connectivity index (χ4n) is 5.08. The molecule has 5 rings (SSSR count). The van der Waals surface area contributed by atoms with Crippen molar-refractivity contribution < 1.29 is 19.1 Å². The molecule has 6 nitrogen and oxygen atoms in total. The van der Waals surface area contributed by atoms with Crippen molar-refractivity contribution in [3.63, 3.8) is 0 Å². The van der Waals surface area contributed by atoms with Crippen LogP contribution in [0.2, 0.25) is 15.1 Å². The van der Waals surface area contributed by atoms with Gasteiger partial charge in [-0.25, -0.2) is 0 Å². The molecule has 0 aromatic heterocycles. The van der Waals surface area contributed by atoms with E-state index in [2.05, 4.69) is 10.6 Å². The van der Waals surface area contributed by atoms with Crippen LogP contribution in [-0.4, -0.2) is 24.1 Å². The van der Waals surface area contributed by atoms with Gasteiger partial charge in [0.15, 0.2) is 18.2 Å². The first-order valence-electron chi connectivity index (χ1n) is 11.8. The van der Waals surface area contributed by atoms with E-state index in [0.29, 0.717) is 56.1 Å². The molecule has 0 radical (unpaired) electrons. The van der Waals surface area contributed by atoms with E-state index in [4.69, 9.17) is 39.5 Å². The average molecular weight is 546 g/mol. The summed E-state index contributed by atoms with van der Waals surface area (Å²) in [7, 11) is 0. The Bertz CT molecular complexity index is 1310. The number of rotatable bonds is 5. The van der Waals surface area contributed by atoms with Gasteiger partial charge >= 0.3 is 0 Å². The summed E-state index contributed by atoms with van der Waals surface area (Å²) >= 11 is 18.4. The lowest BCUT2D eigenvalue weighted by Crippen LogP contribution is -2.36. The van der Waals surface area contributed by atoms with E-state index in [1.165, 1.54) is 0 Å². The lowest BCUT2D eigenvalue weighted by molar-refractivity contribution is -0.119. The Morgan fingerprint density at radius 3 is 2.19 bits per heavy atom. The molecule has 1 heterocycles. The third kappa shape index (κ3) is 4.90. The van der Waals surface area contributed by atoms with Gasteiger partial charge in [-0.15, -0.1) is 0 Å². The number of amides is 1. The van der Waals surface area contributed by atoms with Gasteiger partial charge in [-0.3, -0.25) is 14.4 Å². The highest BCUT2D eigenvalue weighted by molar-refractivity contribution is 6.42. The van der Waals surface area contributed by atoms with Crippen molar-refractivity contribution in [2.24, 2.45) is 0 Å². The standard InChI is InChI=1S/C27H23Cl3N2O4/c28-14-7-10-23(36-13-24(35)31-15-8-9-17(29)18(30)12-15)16(11-14)25-26-19(3-1-5-21(26)33)32-20-4-2-6-22(34)27(20)25/h7-12,25,32H,1-6,13H2,(H,31,35). The Kier molecular flexibility index (Phi) is 7.11. The van der Waals surface area contributed by atoms with Crippen LogP contribution in [0.5, 0.6) is 5.75 Å². The smallest absolute Gasteiger partial charge is 0.262 e. The van der Waals surface area contributed by atoms with E-state index in [1.807, 2.05) is 0 Å². The second-order valence-corrected chi connectivity index (χ2v) is 10.3. The van der Waals surface area contributed by atoms with Gasteiger partial charge in [0, 0.05) is 57.6 Å². The molecular weight excluding hydrogens is 523 g/mol. The Hall–Kier alpha value is -2.80. The minimum atomic E-state index is -0.580. The maximum absolute atomic E-state index is 13.1. The number of Topliss-reactive ketones (excluding diaryl/α,β-unsaturated/α-hetero) is 2. The number of ether oxygens (including phenoxy) is 1. The molecule has 1 aliphatic heterocycles. The van der Waals surface area contributed by atoms with Crippen LogP contribution in [0, 0.1) is 0 Å². The SMILES string of the molecule is O=C(COc1ccc(Cl)cc1C1C2=C(CCCC2=O)NC2=C1C(=O)CCC2)Nc1ccc(Cl)c(Cl)c1. The van der Waals surface area contributed by atoms with Gasteiger partial charge in [0.1, 0.15) is 5.75 Å². The molecule has 2 aromatic carbocycles. The van der Waals surface area contributed by atoms with Crippen LogP contribution in [0.25, 0.3) is 0 Å². The quantitative estimate of drug-likeness (QED) is 0.456. The normalized spacial score (nSPS) is 18.0. The van der Waals surface area contributed by atoms with Crippen molar-refractivity contribution in [1.82, 2.24) is 5.32 Å². The lowest BCUT2D eigenvalue weighted by atomic mass is 9.71. The Labute approximate surface area is 223 Å². The molecule has 2 aromatic rings. The Morgan fingerprint density at radius 2 is 1.56 bits per heavy atom. The summed E-state index contributed by atoms with van der Waals surface area (Å²) in [6, 6.07) is 9.84. The fraction of sp³-hybridized carbons (Fsp3) is 0.296. The number of carbonyl (C=O) groups is 3. The number of dihydropyridines is 1. The zero-order valence-electron chi connectivity index (χ0n) is 19.3. The van der Waals surface area contributed by atoms with Crippen molar-refractivity contribution in [3.05, 3.63) is 79.6 Å². The summed E-state index contributed by atoms with van der Waals surface area (Å²) in [6.07, 6.45) is 3.87. The van der Waals surface area contributed by atoms with Gasteiger partial charge in [0.05, 0.1) is 10.0 Å². The number of hydrogen-bond donors (Lipinski definition) is 2. The summed E-state index contributed by atoms with van der Waals surface area (Å²) in [6.45, 7) is -0.292. The number of benzene rings is 2. The van der Waals surface area contributed by atoms with Crippen LogP contribution in [0.4, 0.5) is 5.69 Å². The van der Waals surface area contributed by atoms with Crippen LogP contribution in [0.3, 0.4) is 0 Å². The molecule has 2 aliphatic carbocycles. The zero-order valence-corrected chi connectivity index (χ0v) is 21.5. The first-order valence-corrected chi connectivity index (χ1v) is 12.9. The highest BCUT2D eigenvalue weighted by Gasteiger charge is 2.41. The summed E-state index contributed by atoms with van der Waals surface area (Å²) in [5.41, 5.74) is 4.03. The van der Waals surface area contributed by atoms with Crippen LogP contribution in [-0.2, 0) is 14.4 Å². The topological polar surface area (TPSA) is 84.5 Å². The van der Waals surface area contributed by atoms with Crippen LogP contribution in [0.15, 0.2) is 58.9 Å². The summed E-state index contributed by atoms with van der Waals surface area (Å²) in [5, 5.41) is 7.28. The van der Waals surface area contributed by atoms with Crippen molar-refractivity contribution in [2.75, 3.05) is 11.9 Å². The van der Waals surface area contributed by atoms with Crippen LogP contribution >= 0.6 is 34.8 Å². The number of halogens is 3. The molecule has 186 valence electrons. The third-order valence-corrected chi connectivity index (χ3v) is 7.61. The predicted molar refractivity (Wildman–Crippen MR) is 140 cm³/mol. The largest absolute Gasteiger partial charge is 0.483 e. The molecule has 1 amide bonds. The molecule has 9 heteroatoms. The maximum Gasteiger partial charge on any atom is 0.262 e. The lowest BCUT2D eigenvalue weighted by Gasteiger charge is -2.37. The van der Waals surface area contributed by atoms with E-state index in [9.17, 15) is 14.4 Å². The molecule has 36 heavy (non-hydrogen) atoms. The Morgan fingerprint density at radius 1 is 0.889 bits per heavy atom. The molecule has 0 saturated carbocycles. The second kappa shape index (κ2) is 10.3. The number of hydrogen-bond acceptors (Lipinski definition) is 5. The third-order valence-electron chi connectivity index (χ3n) is 6.64. The summed E-state index contributed by atoms with van der Waals surface area (Å²) in [4.78, 5) is 38.9. The molecule has 0 bridgehead atoms. The molecule has 0 fully saturated rings. The summed E-state index contributed by atoms with van der Waals surface area (Å²) < 4.78 is 5.95. The minimum Gasteiger partial charge on any atom is -0.483 e. The summed E-state index contributed by atoms with van der Waals surface area (Å²) in [5.74, 6) is -0.555. The molecule has 2 N–H and O–H groups in total. The van der Waals surface area contributed by atoms with E-state index >= 15 is 0 Å². The molecule has 0 spiro atoms. The van der Waals surface area contributed by atoms with Gasteiger partial charge in [0.25, 0.3) is 5.91 Å². The predicted octanol–water partition coefficient (Wildman–Crippen LogP) is 6.37. The number of carbonyl (C=O) groups excluding carboxylic acids is 3. The molecule has 3 aliphatic rings. The minimum absolute atomic E-state index is 0.0157. The van der Waals surface area contributed by atoms with Crippen LogP contribution in [0.1, 0.15) is 50.0 Å². The average Bonchev–Trinajstić information content (AvgIpc) is 2.85. The fourth-order valence-corrected chi connectivity index (χ4v) is 5.56. The van der Waals surface area contributed by atoms with E-state index < -0.39 is 11.8 Å². The van der Waals surface area contributed by atoms with E-state index in [1.54, 1.807) is 36.4 Å². The van der Waals surface area contributed by atoms with Crippen molar-refractivity contribution in [1.29, 1.82) is 0 Å². The molecule has 0 saturated heterocycles. The maximum atomic E-state index is 13.1. The Balaban J connectivity index is 1.47. The molecular formula is C27H23Cl3N2O4. The monoisotopic (exact) mass is 544 g/mol. The molecule has 0 atom stereocenters. The highest BCUT2D eigenvalue weighted by Crippen LogP contribution is 2.48. The van der Waals surface area contributed by atoms with Crippen molar-refractivity contribution in [2.45, 2.75) is 44.4 Å². The van der Waals surface area contributed by atoms with Gasteiger partial charge < -0.3 is 15.4 Å². The van der Waals surface area contributed by atoms with Crippen molar-refractivity contribution >= 4 is 58.0 Å². The first kappa shape index (κ1) is 24.9. The van der Waals surface area contributed by atoms with E-state index in [-0.39, 0.29) is 18.2 Å². The first-order chi connectivity index (χ1) is 17.3. The van der Waals surface area contributed by atoms with E-state index in [0.717, 1.165) is 37.1 Å². The number of nitrogens with one attached hydrogen (secondary N) is 2. The van der Waals surface area contributed by atoms with Gasteiger partial charge in [-0.05, 0) is 62.1 Å². The second-order valence-electron chi connectivity index (χ2n) is 9.04. The zero-order chi connectivity index (χ0) is 25.4. The molecule has 0 unspecified atom stereocenters. The number of allylic oxidation sites excluding steroid dienone is 4. The van der Waals surface area contributed by atoms with Gasteiger partial charge in [-0.1, -0.05) is 34.8 Å². The van der Waals surface area contributed by atoms with Gasteiger partial charge in [-0.2, -0.15) is 0 Å². The number of ketones is 2.